The van der Waals surface area contributed by atoms with Gasteiger partial charge in [0.2, 0.25) is 0 Å². The molecule has 2 aromatic rings. The fourth-order valence-electron chi connectivity index (χ4n) is 3.48. The van der Waals surface area contributed by atoms with E-state index in [1.165, 1.54) is 18.2 Å². The number of hydrogen-bond donors (Lipinski definition) is 0. The number of fused-ring (bicyclic) bond motifs is 1. The number of nitrogens with zero attached hydrogens (tertiary/aromatic N) is 1. The van der Waals surface area contributed by atoms with Crippen LogP contribution in [0.25, 0.3) is 5.57 Å². The van der Waals surface area contributed by atoms with E-state index in [4.69, 9.17) is 5.26 Å². The zero-order valence-electron chi connectivity index (χ0n) is 14.7. The van der Waals surface area contributed by atoms with Gasteiger partial charge >= 0.3 is 0 Å². The Morgan fingerprint density at radius 2 is 1.81 bits per heavy atom. The molecule has 0 amide bonds. The van der Waals surface area contributed by atoms with Crippen molar-refractivity contribution in [2.24, 2.45) is 0 Å². The molecule has 3 rings (SSSR count). The monoisotopic (exact) mass is 355 g/mol. The molecule has 0 saturated carbocycles. The van der Waals surface area contributed by atoms with Crippen LogP contribution in [0.15, 0.2) is 30.3 Å². The van der Waals surface area contributed by atoms with Crippen molar-refractivity contribution in [2.75, 3.05) is 0 Å². The predicted molar refractivity (Wildman–Crippen MR) is 96.1 cm³/mol. The van der Waals surface area contributed by atoms with Crippen molar-refractivity contribution in [1.82, 2.24) is 0 Å². The number of unbranched alkanes of at least 4 members (excludes halogenated alkanes) is 2. The predicted octanol–water partition coefficient (Wildman–Crippen LogP) is 5.89. The summed E-state index contributed by atoms with van der Waals surface area (Å²) >= 11 is 0. The van der Waals surface area contributed by atoms with Gasteiger partial charge in [0.15, 0.2) is 0 Å². The molecule has 1 aliphatic rings. The second kappa shape index (κ2) is 7.78. The minimum absolute atomic E-state index is 0.00519. The molecule has 0 unspecified atom stereocenters. The van der Waals surface area contributed by atoms with E-state index in [-0.39, 0.29) is 24.0 Å². The summed E-state index contributed by atoms with van der Waals surface area (Å²) in [6.45, 7) is 2.08. The highest BCUT2D eigenvalue weighted by Gasteiger charge is 2.22. The average Bonchev–Trinajstić information content (AvgIpc) is 2.62. The van der Waals surface area contributed by atoms with E-state index in [1.54, 1.807) is 12.1 Å². The molecule has 0 aliphatic heterocycles. The number of benzene rings is 2. The van der Waals surface area contributed by atoms with Crippen molar-refractivity contribution in [3.63, 3.8) is 0 Å². The molecule has 26 heavy (non-hydrogen) atoms. The summed E-state index contributed by atoms with van der Waals surface area (Å²) in [7, 11) is 0. The molecule has 2 aromatic carbocycles. The summed E-state index contributed by atoms with van der Waals surface area (Å²) in [4.78, 5) is 0. The molecule has 1 aliphatic carbocycles. The normalized spacial score (nSPS) is 13.1. The summed E-state index contributed by atoms with van der Waals surface area (Å²) in [6.07, 6.45) is 5.79. The maximum atomic E-state index is 14.6. The molecule has 0 fully saturated rings. The lowest BCUT2D eigenvalue weighted by Crippen LogP contribution is -2.09. The van der Waals surface area contributed by atoms with Gasteiger partial charge in [0.05, 0.1) is 5.56 Å². The molecule has 0 spiro atoms. The first kappa shape index (κ1) is 18.3. The lowest BCUT2D eigenvalue weighted by atomic mass is 9.86. The fourth-order valence-corrected chi connectivity index (χ4v) is 3.48. The lowest BCUT2D eigenvalue weighted by Gasteiger charge is -2.19. The molecule has 0 radical (unpaired) electrons. The Kier molecular flexibility index (Phi) is 5.46. The summed E-state index contributed by atoms with van der Waals surface area (Å²) in [5.41, 5.74) is 2.26. The largest absolute Gasteiger partial charge is 0.206 e. The highest BCUT2D eigenvalue weighted by molar-refractivity contribution is 5.72. The molecule has 4 heteroatoms. The molecule has 0 atom stereocenters. The smallest absolute Gasteiger partial charge is 0.144 e. The quantitative estimate of drug-likeness (QED) is 0.614. The minimum atomic E-state index is -0.569. The van der Waals surface area contributed by atoms with Gasteiger partial charge in [-0.1, -0.05) is 31.9 Å². The Labute approximate surface area is 151 Å². The third-order valence-electron chi connectivity index (χ3n) is 4.89. The Bertz CT molecular complexity index is 883. The van der Waals surface area contributed by atoms with Gasteiger partial charge in [-0.25, -0.2) is 13.2 Å². The van der Waals surface area contributed by atoms with Gasteiger partial charge in [-0.3, -0.25) is 0 Å². The molecule has 0 bridgehead atoms. The van der Waals surface area contributed by atoms with Crippen LogP contribution in [0, 0.1) is 28.8 Å². The van der Waals surface area contributed by atoms with Crippen LogP contribution in [0.3, 0.4) is 0 Å². The lowest BCUT2D eigenvalue weighted by molar-refractivity contribution is 0.570. The first-order chi connectivity index (χ1) is 12.5. The van der Waals surface area contributed by atoms with Crippen LogP contribution in [-0.2, 0) is 19.3 Å². The van der Waals surface area contributed by atoms with Crippen molar-refractivity contribution in [3.05, 3.63) is 75.6 Å². The second-order valence-corrected chi connectivity index (χ2v) is 6.68. The first-order valence-electron chi connectivity index (χ1n) is 8.92. The van der Waals surface area contributed by atoms with Crippen LogP contribution in [-0.4, -0.2) is 0 Å². The number of hydrogen-bond acceptors (Lipinski definition) is 1. The van der Waals surface area contributed by atoms with Crippen molar-refractivity contribution < 1.29 is 13.2 Å². The third kappa shape index (κ3) is 3.53. The van der Waals surface area contributed by atoms with Crippen molar-refractivity contribution in [1.29, 1.82) is 5.26 Å². The summed E-state index contributed by atoms with van der Waals surface area (Å²) in [5.74, 6) is -1.67. The summed E-state index contributed by atoms with van der Waals surface area (Å²) < 4.78 is 43.4. The molecule has 0 heterocycles. The van der Waals surface area contributed by atoms with Crippen LogP contribution >= 0.6 is 0 Å². The summed E-state index contributed by atoms with van der Waals surface area (Å²) in [5, 5.41) is 8.92. The second-order valence-electron chi connectivity index (χ2n) is 6.68. The molecule has 134 valence electrons. The van der Waals surface area contributed by atoms with Crippen LogP contribution < -0.4 is 0 Å². The third-order valence-corrected chi connectivity index (χ3v) is 4.89. The van der Waals surface area contributed by atoms with Gasteiger partial charge in [-0.15, -0.1) is 0 Å². The Morgan fingerprint density at radius 3 is 2.46 bits per heavy atom. The van der Waals surface area contributed by atoms with E-state index in [0.29, 0.717) is 28.7 Å². The van der Waals surface area contributed by atoms with Gasteiger partial charge < -0.3 is 0 Å². The van der Waals surface area contributed by atoms with Crippen LogP contribution in [0.2, 0.25) is 0 Å². The number of halogens is 3. The van der Waals surface area contributed by atoms with Crippen LogP contribution in [0.5, 0.6) is 0 Å². The van der Waals surface area contributed by atoms with Gasteiger partial charge in [0.1, 0.15) is 23.5 Å². The Morgan fingerprint density at radius 1 is 1.08 bits per heavy atom. The molecule has 0 N–H and O–H groups in total. The fraction of sp³-hybridized carbons (Fsp3) is 0.318. The number of allylic oxidation sites excluding steroid dienone is 2. The number of rotatable bonds is 5. The van der Waals surface area contributed by atoms with E-state index < -0.39 is 17.5 Å². The van der Waals surface area contributed by atoms with Crippen LogP contribution in [0.4, 0.5) is 13.2 Å². The first-order valence-corrected chi connectivity index (χ1v) is 8.92. The van der Waals surface area contributed by atoms with Gasteiger partial charge in [0.25, 0.3) is 0 Å². The highest BCUT2D eigenvalue weighted by Crippen LogP contribution is 2.33. The van der Waals surface area contributed by atoms with Crippen molar-refractivity contribution >= 4 is 5.57 Å². The molecular formula is C22H20F3N. The standard InChI is InChI=1S/C22H20F3N/c1-2-3-4-5-14-10-19(23)21(20(24)11-14)16-8-9-18-15(12-16)6-7-17(13-26)22(18)25/h6-8,10-11H,2-5,9,12H2,1H3. The number of aryl methyl sites for hydroxylation is 1. The number of nitriles is 1. The molecular weight excluding hydrogens is 335 g/mol. The average molecular weight is 355 g/mol. The van der Waals surface area contributed by atoms with E-state index in [0.717, 1.165) is 19.3 Å². The van der Waals surface area contributed by atoms with Gasteiger partial charge in [-0.05, 0) is 66.1 Å². The Balaban J connectivity index is 1.89. The van der Waals surface area contributed by atoms with E-state index in [9.17, 15) is 13.2 Å². The van der Waals surface area contributed by atoms with Crippen LogP contribution in [0.1, 0.15) is 54.0 Å². The highest BCUT2D eigenvalue weighted by atomic mass is 19.1. The van der Waals surface area contributed by atoms with Gasteiger partial charge in [-0.2, -0.15) is 5.26 Å². The van der Waals surface area contributed by atoms with Crippen molar-refractivity contribution in [3.8, 4) is 6.07 Å². The van der Waals surface area contributed by atoms with E-state index >= 15 is 0 Å². The van der Waals surface area contributed by atoms with E-state index in [2.05, 4.69) is 6.92 Å². The zero-order valence-corrected chi connectivity index (χ0v) is 14.7. The van der Waals surface area contributed by atoms with E-state index in [1.807, 2.05) is 6.07 Å². The molecule has 1 nitrogen and oxygen atoms in total. The maximum absolute atomic E-state index is 14.6. The Hall–Kier alpha value is -2.54. The minimum Gasteiger partial charge on any atom is -0.206 e. The SMILES string of the molecule is CCCCCc1cc(F)c(C2=CCc3c(ccc(C#N)c3F)C2)c(F)c1. The van der Waals surface area contributed by atoms with Crippen molar-refractivity contribution in [2.45, 2.75) is 45.4 Å². The molecule has 0 saturated heterocycles. The maximum Gasteiger partial charge on any atom is 0.144 e. The van der Waals surface area contributed by atoms with Gasteiger partial charge in [0, 0.05) is 5.56 Å². The summed E-state index contributed by atoms with van der Waals surface area (Å²) in [6, 6.07) is 7.71. The zero-order chi connectivity index (χ0) is 18.7. The molecule has 0 aromatic heterocycles. The topological polar surface area (TPSA) is 23.8 Å².